The van der Waals surface area contributed by atoms with Crippen molar-refractivity contribution >= 4 is 0 Å². The van der Waals surface area contributed by atoms with Crippen LogP contribution in [0.2, 0.25) is 0 Å². The number of nitrogens with two attached hydrogens (primary N) is 1. The largest absolute Gasteiger partial charge is 0.405 e. The second-order valence-electron chi connectivity index (χ2n) is 4.33. The van der Waals surface area contributed by atoms with Crippen LogP contribution in [-0.4, -0.2) is 47.5 Å². The van der Waals surface area contributed by atoms with E-state index in [-0.39, 0.29) is 13.1 Å². The van der Waals surface area contributed by atoms with E-state index in [4.69, 9.17) is 5.73 Å². The van der Waals surface area contributed by atoms with E-state index >= 15 is 0 Å². The fraction of sp³-hybridized carbons (Fsp3) is 1.00. The minimum Gasteiger partial charge on any atom is -0.393 e. The first-order chi connectivity index (χ1) is 7.36. The molecule has 96 valence electrons. The van der Waals surface area contributed by atoms with Crippen LogP contribution in [0.4, 0.5) is 13.2 Å². The zero-order valence-electron chi connectivity index (χ0n) is 9.37. The summed E-state index contributed by atoms with van der Waals surface area (Å²) in [4.78, 5) is 1.35. The average molecular weight is 240 g/mol. The van der Waals surface area contributed by atoms with Gasteiger partial charge in [-0.3, -0.25) is 4.90 Å². The number of likely N-dealkylation sites (tertiary alicyclic amines) is 1. The fourth-order valence-electron chi connectivity index (χ4n) is 2.11. The minimum absolute atomic E-state index is 0.263. The van der Waals surface area contributed by atoms with Gasteiger partial charge >= 0.3 is 6.18 Å². The molecule has 0 amide bonds. The normalized spacial score (nSPS) is 24.4. The van der Waals surface area contributed by atoms with Crippen LogP contribution in [0.1, 0.15) is 26.2 Å². The summed E-state index contributed by atoms with van der Waals surface area (Å²) in [6.07, 6.45) is -3.68. The van der Waals surface area contributed by atoms with E-state index in [0.717, 1.165) is 0 Å². The molecule has 0 aromatic rings. The van der Waals surface area contributed by atoms with Crippen LogP contribution in [0.3, 0.4) is 0 Å². The molecular formula is C10H19F3N2O. The van der Waals surface area contributed by atoms with Crippen molar-refractivity contribution < 1.29 is 18.3 Å². The summed E-state index contributed by atoms with van der Waals surface area (Å²) in [5.74, 6) is 0. The Bertz CT molecular complexity index is 215. The van der Waals surface area contributed by atoms with E-state index < -0.39 is 24.4 Å². The zero-order chi connectivity index (χ0) is 12.3. The maximum Gasteiger partial charge on any atom is 0.405 e. The number of halogens is 3. The Morgan fingerprint density at radius 1 is 1.38 bits per heavy atom. The van der Waals surface area contributed by atoms with Crippen LogP contribution in [0, 0.1) is 0 Å². The van der Waals surface area contributed by atoms with Gasteiger partial charge in [-0.2, -0.15) is 13.2 Å². The van der Waals surface area contributed by atoms with E-state index in [1.807, 2.05) is 0 Å². The van der Waals surface area contributed by atoms with Gasteiger partial charge in [0.1, 0.15) is 6.04 Å². The average Bonchev–Trinajstić information content (AvgIpc) is 2.19. The van der Waals surface area contributed by atoms with E-state index in [2.05, 4.69) is 0 Å². The maximum absolute atomic E-state index is 12.9. The number of rotatable bonds is 3. The second-order valence-corrected chi connectivity index (χ2v) is 4.33. The molecule has 1 rings (SSSR count). The van der Waals surface area contributed by atoms with Crippen LogP contribution >= 0.6 is 0 Å². The summed E-state index contributed by atoms with van der Waals surface area (Å²) in [6.45, 7) is 2.18. The number of hydrogen-bond acceptors (Lipinski definition) is 3. The van der Waals surface area contributed by atoms with Gasteiger partial charge in [-0.1, -0.05) is 6.92 Å². The lowest BCUT2D eigenvalue weighted by molar-refractivity contribution is -0.194. The summed E-state index contributed by atoms with van der Waals surface area (Å²) in [5.41, 5.74) is 5.54. The lowest BCUT2D eigenvalue weighted by Crippen LogP contribution is -2.58. The van der Waals surface area contributed by atoms with Crippen LogP contribution < -0.4 is 5.73 Å². The predicted molar refractivity (Wildman–Crippen MR) is 54.9 cm³/mol. The van der Waals surface area contributed by atoms with Crippen molar-refractivity contribution in [2.75, 3.05) is 13.1 Å². The summed E-state index contributed by atoms with van der Waals surface area (Å²) >= 11 is 0. The van der Waals surface area contributed by atoms with E-state index in [0.29, 0.717) is 19.3 Å². The van der Waals surface area contributed by atoms with Gasteiger partial charge in [0.05, 0.1) is 6.10 Å². The monoisotopic (exact) mass is 240 g/mol. The molecule has 0 spiro atoms. The van der Waals surface area contributed by atoms with Gasteiger partial charge in [0.2, 0.25) is 0 Å². The van der Waals surface area contributed by atoms with Gasteiger partial charge in [0.25, 0.3) is 0 Å². The molecule has 0 radical (unpaired) electrons. The number of aliphatic hydroxyl groups excluding tert-OH is 1. The Morgan fingerprint density at radius 2 is 1.88 bits per heavy atom. The van der Waals surface area contributed by atoms with Gasteiger partial charge in [-0.15, -0.1) is 0 Å². The number of hydrogen-bond donors (Lipinski definition) is 2. The molecule has 1 aliphatic rings. The Hall–Kier alpha value is -0.330. The SMILES string of the molecule is CCC(N)C(N1CCC(O)CC1)C(F)(F)F. The van der Waals surface area contributed by atoms with Gasteiger partial charge in [-0.05, 0) is 19.3 Å². The van der Waals surface area contributed by atoms with Gasteiger partial charge < -0.3 is 10.8 Å². The second kappa shape index (κ2) is 5.33. The first kappa shape index (κ1) is 13.7. The lowest BCUT2D eigenvalue weighted by atomic mass is 9.99. The summed E-state index contributed by atoms with van der Waals surface area (Å²) in [7, 11) is 0. The molecule has 0 aromatic heterocycles. The van der Waals surface area contributed by atoms with Crippen LogP contribution in [0.15, 0.2) is 0 Å². The fourth-order valence-corrected chi connectivity index (χ4v) is 2.11. The number of aliphatic hydroxyl groups is 1. The molecule has 1 saturated heterocycles. The molecule has 3 N–H and O–H groups in total. The quantitative estimate of drug-likeness (QED) is 0.777. The Balaban J connectivity index is 2.69. The Kier molecular flexibility index (Phi) is 4.58. The molecule has 0 saturated carbocycles. The van der Waals surface area contributed by atoms with Crippen molar-refractivity contribution in [2.45, 2.75) is 50.6 Å². The van der Waals surface area contributed by atoms with E-state index in [9.17, 15) is 18.3 Å². The third-order valence-corrected chi connectivity index (χ3v) is 3.10. The molecule has 1 heterocycles. The van der Waals surface area contributed by atoms with Crippen molar-refractivity contribution in [1.29, 1.82) is 0 Å². The standard InChI is InChI=1S/C10H19F3N2O/c1-2-8(14)9(10(11,12)13)15-5-3-7(16)4-6-15/h7-9,16H,2-6,14H2,1H3. The number of alkyl halides is 3. The predicted octanol–water partition coefficient (Wildman–Crippen LogP) is 1.11. The van der Waals surface area contributed by atoms with Gasteiger partial charge in [-0.25, -0.2) is 0 Å². The van der Waals surface area contributed by atoms with Gasteiger partial charge in [0, 0.05) is 19.1 Å². The molecule has 0 aliphatic carbocycles. The van der Waals surface area contributed by atoms with Crippen molar-refractivity contribution in [3.05, 3.63) is 0 Å². The molecule has 0 bridgehead atoms. The molecule has 1 aliphatic heterocycles. The van der Waals surface area contributed by atoms with Crippen molar-refractivity contribution in [3.8, 4) is 0 Å². The molecule has 16 heavy (non-hydrogen) atoms. The smallest absolute Gasteiger partial charge is 0.393 e. The van der Waals surface area contributed by atoms with Crippen molar-refractivity contribution in [2.24, 2.45) is 5.73 Å². The summed E-state index contributed by atoms with van der Waals surface area (Å²) in [6, 6.07) is -2.47. The lowest BCUT2D eigenvalue weighted by Gasteiger charge is -2.39. The molecule has 1 fully saturated rings. The topological polar surface area (TPSA) is 49.5 Å². The number of piperidine rings is 1. The van der Waals surface area contributed by atoms with E-state index in [1.165, 1.54) is 4.90 Å². The van der Waals surface area contributed by atoms with Crippen molar-refractivity contribution in [1.82, 2.24) is 4.90 Å². The highest BCUT2D eigenvalue weighted by molar-refractivity contribution is 4.89. The Morgan fingerprint density at radius 3 is 2.25 bits per heavy atom. The number of nitrogens with zero attached hydrogens (tertiary/aromatic N) is 1. The molecule has 2 atom stereocenters. The van der Waals surface area contributed by atoms with Crippen molar-refractivity contribution in [3.63, 3.8) is 0 Å². The highest BCUT2D eigenvalue weighted by Gasteiger charge is 2.47. The third kappa shape index (κ3) is 3.33. The van der Waals surface area contributed by atoms with Gasteiger partial charge in [0.15, 0.2) is 0 Å². The molecule has 0 aromatic carbocycles. The molecule has 6 heteroatoms. The summed E-state index contributed by atoms with van der Waals surface area (Å²) in [5, 5.41) is 9.27. The summed E-state index contributed by atoms with van der Waals surface area (Å²) < 4.78 is 38.6. The molecular weight excluding hydrogens is 221 g/mol. The molecule has 2 unspecified atom stereocenters. The van der Waals surface area contributed by atoms with Crippen LogP contribution in [0.25, 0.3) is 0 Å². The zero-order valence-corrected chi connectivity index (χ0v) is 9.37. The highest BCUT2D eigenvalue weighted by Crippen LogP contribution is 2.29. The van der Waals surface area contributed by atoms with Crippen LogP contribution in [-0.2, 0) is 0 Å². The minimum atomic E-state index is -4.29. The third-order valence-electron chi connectivity index (χ3n) is 3.10. The van der Waals surface area contributed by atoms with Crippen LogP contribution in [0.5, 0.6) is 0 Å². The maximum atomic E-state index is 12.9. The Labute approximate surface area is 93.4 Å². The highest BCUT2D eigenvalue weighted by atomic mass is 19.4. The first-order valence-corrected chi connectivity index (χ1v) is 5.60. The molecule has 3 nitrogen and oxygen atoms in total. The van der Waals surface area contributed by atoms with E-state index in [1.54, 1.807) is 6.92 Å². The first-order valence-electron chi connectivity index (χ1n) is 5.60.